The van der Waals surface area contributed by atoms with Gasteiger partial charge in [-0.05, 0) is 50.9 Å². The molecule has 3 aliphatic rings. The second kappa shape index (κ2) is 7.89. The van der Waals surface area contributed by atoms with Gasteiger partial charge in [0.15, 0.2) is 5.89 Å². The maximum absolute atomic E-state index is 12.8. The Labute approximate surface area is 178 Å². The topological polar surface area (TPSA) is 84.7 Å². The summed E-state index contributed by atoms with van der Waals surface area (Å²) < 4.78 is 10.9. The van der Waals surface area contributed by atoms with E-state index in [1.165, 1.54) is 0 Å². The predicted octanol–water partition coefficient (Wildman–Crippen LogP) is 3.98. The van der Waals surface area contributed by atoms with Crippen molar-refractivity contribution in [1.82, 2.24) is 15.2 Å². The molecule has 2 heterocycles. The van der Waals surface area contributed by atoms with Crippen molar-refractivity contribution in [3.8, 4) is 0 Å². The number of hydrogen-bond donors (Lipinski definition) is 1. The molecule has 2 amide bonds. The number of ether oxygens (including phenoxy) is 1. The van der Waals surface area contributed by atoms with Crippen LogP contribution < -0.4 is 5.32 Å². The second-order valence-corrected chi connectivity index (χ2v) is 10.5. The first-order chi connectivity index (χ1) is 14.2. The molecule has 1 N–H and O–H groups in total. The molecular formula is C23H35N3O4. The zero-order valence-electron chi connectivity index (χ0n) is 18.7. The molecule has 1 aromatic rings. The third kappa shape index (κ3) is 4.21. The van der Waals surface area contributed by atoms with E-state index < -0.39 is 0 Å². The Morgan fingerprint density at radius 2 is 1.93 bits per heavy atom. The quantitative estimate of drug-likeness (QED) is 0.801. The van der Waals surface area contributed by atoms with Crippen molar-refractivity contribution in [2.75, 3.05) is 19.7 Å². The normalized spacial score (nSPS) is 26.1. The summed E-state index contributed by atoms with van der Waals surface area (Å²) in [4.78, 5) is 30.8. The average Bonchev–Trinajstić information content (AvgIpc) is 3.12. The first-order valence-electron chi connectivity index (χ1n) is 11.4. The Kier molecular flexibility index (Phi) is 5.58. The van der Waals surface area contributed by atoms with E-state index in [0.717, 1.165) is 63.3 Å². The van der Waals surface area contributed by atoms with Gasteiger partial charge in [-0.1, -0.05) is 20.8 Å². The molecule has 0 aromatic carbocycles. The highest BCUT2D eigenvalue weighted by Crippen LogP contribution is 2.57. The summed E-state index contributed by atoms with van der Waals surface area (Å²) in [5.74, 6) is 2.61. The zero-order chi connectivity index (χ0) is 21.5. The molecule has 3 fully saturated rings. The molecule has 0 unspecified atom stereocenters. The van der Waals surface area contributed by atoms with E-state index in [1.54, 1.807) is 6.92 Å². The van der Waals surface area contributed by atoms with Gasteiger partial charge in [0.05, 0.1) is 12.8 Å². The molecule has 1 aliphatic heterocycles. The fourth-order valence-corrected chi connectivity index (χ4v) is 5.15. The number of hydrogen-bond acceptors (Lipinski definition) is 5. The van der Waals surface area contributed by atoms with Crippen LogP contribution in [0, 0.1) is 11.3 Å². The number of piperidine rings is 1. The van der Waals surface area contributed by atoms with Crippen LogP contribution in [0.2, 0.25) is 0 Å². The summed E-state index contributed by atoms with van der Waals surface area (Å²) >= 11 is 0. The molecule has 30 heavy (non-hydrogen) atoms. The van der Waals surface area contributed by atoms with Crippen LogP contribution in [0.3, 0.4) is 0 Å². The summed E-state index contributed by atoms with van der Waals surface area (Å²) in [6, 6.07) is 0.0708. The SMILES string of the molecule is CCOC(=O)N[C@H]1C[C@@H](C(=O)N2CCC3(CC2)CC(c2cnc(C(C)(C)C)o2)C3)C1. The maximum atomic E-state index is 12.8. The van der Waals surface area contributed by atoms with E-state index in [-0.39, 0.29) is 29.4 Å². The lowest BCUT2D eigenvalue weighted by Crippen LogP contribution is -2.53. The van der Waals surface area contributed by atoms with E-state index in [4.69, 9.17) is 9.15 Å². The van der Waals surface area contributed by atoms with Gasteiger partial charge in [-0.25, -0.2) is 9.78 Å². The molecule has 0 bridgehead atoms. The minimum absolute atomic E-state index is 0.0464. The number of aromatic nitrogens is 1. The van der Waals surface area contributed by atoms with Crippen LogP contribution in [-0.4, -0.2) is 47.6 Å². The summed E-state index contributed by atoms with van der Waals surface area (Å²) in [5.41, 5.74) is 0.307. The maximum Gasteiger partial charge on any atom is 0.407 e. The monoisotopic (exact) mass is 417 g/mol. The van der Waals surface area contributed by atoms with E-state index >= 15 is 0 Å². The number of carbonyl (C=O) groups is 2. The Hall–Kier alpha value is -2.05. The highest BCUT2D eigenvalue weighted by molar-refractivity contribution is 5.80. The summed E-state index contributed by atoms with van der Waals surface area (Å²) in [6.07, 6.45) is 7.42. The van der Waals surface area contributed by atoms with Gasteiger partial charge in [0.25, 0.3) is 0 Å². The fourth-order valence-electron chi connectivity index (χ4n) is 5.15. The molecule has 1 aromatic heterocycles. The lowest BCUT2D eigenvalue weighted by molar-refractivity contribution is -0.142. The van der Waals surface area contributed by atoms with Gasteiger partial charge in [0.1, 0.15) is 5.76 Å². The zero-order valence-corrected chi connectivity index (χ0v) is 18.7. The van der Waals surface area contributed by atoms with Gasteiger partial charge in [0, 0.05) is 36.4 Å². The summed E-state index contributed by atoms with van der Waals surface area (Å²) in [7, 11) is 0. The highest BCUT2D eigenvalue weighted by Gasteiger charge is 2.49. The standard InChI is InChI=1S/C23H35N3O4/c1-5-29-21(28)25-17-10-15(11-17)19(27)26-8-6-23(7-9-26)12-16(13-23)18-14-24-20(30-18)22(2,3)4/h14-17H,5-13H2,1-4H3,(H,25,28)/t15-,17+. The first-order valence-corrected chi connectivity index (χ1v) is 11.4. The van der Waals surface area contributed by atoms with Crippen molar-refractivity contribution in [3.05, 3.63) is 17.8 Å². The minimum atomic E-state index is -0.380. The van der Waals surface area contributed by atoms with Crippen LogP contribution in [0.1, 0.15) is 83.8 Å². The minimum Gasteiger partial charge on any atom is -0.450 e. The van der Waals surface area contributed by atoms with E-state index in [9.17, 15) is 9.59 Å². The van der Waals surface area contributed by atoms with Crippen molar-refractivity contribution >= 4 is 12.0 Å². The Morgan fingerprint density at radius 1 is 1.27 bits per heavy atom. The molecule has 7 nitrogen and oxygen atoms in total. The van der Waals surface area contributed by atoms with Gasteiger partial charge < -0.3 is 19.4 Å². The Balaban J connectivity index is 1.20. The van der Waals surface area contributed by atoms with Crippen LogP contribution in [0.25, 0.3) is 0 Å². The summed E-state index contributed by atoms with van der Waals surface area (Å²) in [5, 5.41) is 2.82. The lowest BCUT2D eigenvalue weighted by atomic mass is 9.57. The van der Waals surface area contributed by atoms with E-state index in [0.29, 0.717) is 17.9 Å². The number of oxazole rings is 1. The molecule has 1 saturated heterocycles. The number of carbonyl (C=O) groups excluding carboxylic acids is 2. The second-order valence-electron chi connectivity index (χ2n) is 10.5. The first kappa shape index (κ1) is 21.2. The van der Waals surface area contributed by atoms with Crippen LogP contribution in [0.15, 0.2) is 10.6 Å². The Morgan fingerprint density at radius 3 is 2.50 bits per heavy atom. The number of amides is 2. The molecule has 4 rings (SSSR count). The van der Waals surface area contributed by atoms with Gasteiger partial charge in [-0.15, -0.1) is 0 Å². The number of nitrogens with one attached hydrogen (secondary N) is 1. The van der Waals surface area contributed by atoms with Gasteiger partial charge in [-0.3, -0.25) is 4.79 Å². The van der Waals surface area contributed by atoms with Crippen LogP contribution in [-0.2, 0) is 14.9 Å². The molecule has 2 aliphatic carbocycles. The van der Waals surface area contributed by atoms with Crippen LogP contribution in [0.5, 0.6) is 0 Å². The van der Waals surface area contributed by atoms with Crippen LogP contribution >= 0.6 is 0 Å². The Bertz CT molecular complexity index is 775. The molecule has 0 radical (unpaired) electrons. The summed E-state index contributed by atoms with van der Waals surface area (Å²) in [6.45, 7) is 10.2. The molecule has 166 valence electrons. The van der Waals surface area contributed by atoms with E-state index in [2.05, 4.69) is 31.1 Å². The van der Waals surface area contributed by atoms with E-state index in [1.807, 2.05) is 11.1 Å². The molecule has 0 atom stereocenters. The smallest absolute Gasteiger partial charge is 0.407 e. The number of likely N-dealkylation sites (tertiary alicyclic amines) is 1. The van der Waals surface area contributed by atoms with Crippen molar-refractivity contribution in [2.45, 2.75) is 83.6 Å². The number of alkyl carbamates (subject to hydrolysis) is 1. The molecule has 2 saturated carbocycles. The van der Waals surface area contributed by atoms with Crippen molar-refractivity contribution in [2.24, 2.45) is 11.3 Å². The third-order valence-electron chi connectivity index (χ3n) is 7.15. The van der Waals surface area contributed by atoms with Crippen molar-refractivity contribution in [3.63, 3.8) is 0 Å². The largest absolute Gasteiger partial charge is 0.450 e. The highest BCUT2D eigenvalue weighted by atomic mass is 16.5. The number of nitrogens with zero attached hydrogens (tertiary/aromatic N) is 2. The fraction of sp³-hybridized carbons (Fsp3) is 0.783. The van der Waals surface area contributed by atoms with Crippen LogP contribution in [0.4, 0.5) is 4.79 Å². The molecule has 1 spiro atoms. The molecular weight excluding hydrogens is 382 g/mol. The van der Waals surface area contributed by atoms with Gasteiger partial charge in [-0.2, -0.15) is 0 Å². The number of rotatable bonds is 4. The van der Waals surface area contributed by atoms with Gasteiger partial charge in [0.2, 0.25) is 5.91 Å². The molecule has 7 heteroatoms. The van der Waals surface area contributed by atoms with Crippen molar-refractivity contribution in [1.29, 1.82) is 0 Å². The predicted molar refractivity (Wildman–Crippen MR) is 112 cm³/mol. The van der Waals surface area contributed by atoms with Gasteiger partial charge >= 0.3 is 6.09 Å². The third-order valence-corrected chi connectivity index (χ3v) is 7.15. The van der Waals surface area contributed by atoms with Crippen molar-refractivity contribution < 1.29 is 18.7 Å². The lowest BCUT2D eigenvalue weighted by Gasteiger charge is -2.52. The average molecular weight is 418 g/mol.